The van der Waals surface area contributed by atoms with Gasteiger partial charge in [-0.05, 0) is 17.7 Å². The van der Waals surface area contributed by atoms with Gasteiger partial charge in [0.15, 0.2) is 0 Å². The van der Waals surface area contributed by atoms with E-state index < -0.39 is 0 Å². The van der Waals surface area contributed by atoms with Gasteiger partial charge in [0.2, 0.25) is 0 Å². The lowest BCUT2D eigenvalue weighted by Gasteiger charge is -2.17. The standard InChI is InChI=1S/C12H12ClN3/c1-16(12-8-14-6-7-15-12)9-10-2-4-11(13)5-3-10/h2-8H,9H2,1H3. The van der Waals surface area contributed by atoms with Crippen LogP contribution in [0.3, 0.4) is 0 Å². The normalized spacial score (nSPS) is 10.1. The highest BCUT2D eigenvalue weighted by molar-refractivity contribution is 6.30. The summed E-state index contributed by atoms with van der Waals surface area (Å²) in [4.78, 5) is 10.3. The minimum atomic E-state index is 0.755. The van der Waals surface area contributed by atoms with E-state index in [1.807, 2.05) is 36.2 Å². The molecule has 0 saturated carbocycles. The second kappa shape index (κ2) is 4.94. The van der Waals surface area contributed by atoms with Crippen LogP contribution in [-0.2, 0) is 6.54 Å². The summed E-state index contributed by atoms with van der Waals surface area (Å²) >= 11 is 5.83. The van der Waals surface area contributed by atoms with Crippen LogP contribution in [-0.4, -0.2) is 17.0 Å². The number of anilines is 1. The van der Waals surface area contributed by atoms with Gasteiger partial charge in [0.1, 0.15) is 5.82 Å². The summed E-state index contributed by atoms with van der Waals surface area (Å²) in [6, 6.07) is 7.80. The van der Waals surface area contributed by atoms with Gasteiger partial charge >= 0.3 is 0 Å². The number of aromatic nitrogens is 2. The van der Waals surface area contributed by atoms with Crippen LogP contribution in [0.5, 0.6) is 0 Å². The molecule has 4 heteroatoms. The molecule has 0 spiro atoms. The third kappa shape index (κ3) is 2.70. The molecule has 0 aliphatic heterocycles. The fourth-order valence-corrected chi connectivity index (χ4v) is 1.56. The van der Waals surface area contributed by atoms with E-state index in [4.69, 9.17) is 11.6 Å². The Morgan fingerprint density at radius 3 is 2.56 bits per heavy atom. The van der Waals surface area contributed by atoms with E-state index in [0.717, 1.165) is 17.4 Å². The lowest BCUT2D eigenvalue weighted by Crippen LogP contribution is -2.17. The second-order valence-corrected chi connectivity index (χ2v) is 3.98. The van der Waals surface area contributed by atoms with Crippen molar-refractivity contribution >= 4 is 17.4 Å². The molecule has 0 amide bonds. The summed E-state index contributed by atoms with van der Waals surface area (Å²) in [5.74, 6) is 0.859. The molecule has 0 unspecified atom stereocenters. The SMILES string of the molecule is CN(Cc1ccc(Cl)cc1)c1cnccn1. The maximum Gasteiger partial charge on any atom is 0.147 e. The summed E-state index contributed by atoms with van der Waals surface area (Å²) in [6.45, 7) is 0.788. The highest BCUT2D eigenvalue weighted by Gasteiger charge is 2.02. The summed E-state index contributed by atoms with van der Waals surface area (Å²) < 4.78 is 0. The van der Waals surface area contributed by atoms with Gasteiger partial charge in [-0.2, -0.15) is 0 Å². The number of benzene rings is 1. The average Bonchev–Trinajstić information content (AvgIpc) is 2.33. The van der Waals surface area contributed by atoms with Crippen LogP contribution < -0.4 is 4.90 Å². The monoisotopic (exact) mass is 233 g/mol. The Morgan fingerprint density at radius 2 is 1.94 bits per heavy atom. The second-order valence-electron chi connectivity index (χ2n) is 3.55. The molecule has 82 valence electrons. The molecule has 16 heavy (non-hydrogen) atoms. The van der Waals surface area contributed by atoms with Crippen molar-refractivity contribution in [3.05, 3.63) is 53.4 Å². The quantitative estimate of drug-likeness (QED) is 0.816. The Bertz CT molecular complexity index is 442. The van der Waals surface area contributed by atoms with E-state index in [0.29, 0.717) is 0 Å². The Kier molecular flexibility index (Phi) is 3.37. The Labute approximate surface area is 99.7 Å². The first-order chi connectivity index (χ1) is 7.75. The van der Waals surface area contributed by atoms with Crippen molar-refractivity contribution in [1.82, 2.24) is 9.97 Å². The minimum absolute atomic E-state index is 0.755. The fourth-order valence-electron chi connectivity index (χ4n) is 1.43. The summed E-state index contributed by atoms with van der Waals surface area (Å²) in [5.41, 5.74) is 1.19. The molecule has 0 saturated heterocycles. The minimum Gasteiger partial charge on any atom is -0.354 e. The van der Waals surface area contributed by atoms with Crippen LogP contribution in [0.1, 0.15) is 5.56 Å². The largest absolute Gasteiger partial charge is 0.354 e. The van der Waals surface area contributed by atoms with E-state index in [-0.39, 0.29) is 0 Å². The van der Waals surface area contributed by atoms with E-state index in [9.17, 15) is 0 Å². The van der Waals surface area contributed by atoms with Gasteiger partial charge < -0.3 is 4.90 Å². The number of halogens is 1. The molecule has 0 aliphatic rings. The molecular weight excluding hydrogens is 222 g/mol. The van der Waals surface area contributed by atoms with Crippen LogP contribution in [0.25, 0.3) is 0 Å². The molecular formula is C12H12ClN3. The van der Waals surface area contributed by atoms with Crippen molar-refractivity contribution in [3.63, 3.8) is 0 Å². The maximum atomic E-state index is 5.83. The summed E-state index contributed by atoms with van der Waals surface area (Å²) in [7, 11) is 1.98. The van der Waals surface area contributed by atoms with Crippen LogP contribution in [0.4, 0.5) is 5.82 Å². The zero-order chi connectivity index (χ0) is 11.4. The molecule has 1 heterocycles. The third-order valence-electron chi connectivity index (χ3n) is 2.27. The van der Waals surface area contributed by atoms with E-state index in [1.54, 1.807) is 18.6 Å². The van der Waals surface area contributed by atoms with Gasteiger partial charge in [-0.15, -0.1) is 0 Å². The van der Waals surface area contributed by atoms with Gasteiger partial charge in [0.25, 0.3) is 0 Å². The molecule has 0 aliphatic carbocycles. The molecule has 1 aromatic heterocycles. The molecule has 1 aromatic carbocycles. The molecule has 0 bridgehead atoms. The van der Waals surface area contributed by atoms with Gasteiger partial charge in [0, 0.05) is 31.0 Å². The predicted molar refractivity (Wildman–Crippen MR) is 65.6 cm³/mol. The Hall–Kier alpha value is -1.61. The maximum absolute atomic E-state index is 5.83. The van der Waals surface area contributed by atoms with Gasteiger partial charge in [-0.25, -0.2) is 4.98 Å². The molecule has 0 radical (unpaired) electrons. The predicted octanol–water partition coefficient (Wildman–Crippen LogP) is 2.77. The van der Waals surface area contributed by atoms with Crippen molar-refractivity contribution in [3.8, 4) is 0 Å². The lowest BCUT2D eigenvalue weighted by atomic mass is 10.2. The van der Waals surface area contributed by atoms with Crippen molar-refractivity contribution in [1.29, 1.82) is 0 Å². The van der Waals surface area contributed by atoms with Crippen LogP contribution in [0.2, 0.25) is 5.02 Å². The molecule has 0 fully saturated rings. The number of nitrogens with zero attached hydrogens (tertiary/aromatic N) is 3. The van der Waals surface area contributed by atoms with Crippen molar-refractivity contribution < 1.29 is 0 Å². The molecule has 0 atom stereocenters. The first-order valence-electron chi connectivity index (χ1n) is 4.97. The topological polar surface area (TPSA) is 29.0 Å². The first kappa shape index (κ1) is 10.9. The summed E-state index contributed by atoms with van der Waals surface area (Å²) in [5, 5.41) is 0.755. The van der Waals surface area contributed by atoms with E-state index in [2.05, 4.69) is 9.97 Å². The van der Waals surface area contributed by atoms with Crippen molar-refractivity contribution in [2.45, 2.75) is 6.54 Å². The summed E-state index contributed by atoms with van der Waals surface area (Å²) in [6.07, 6.45) is 5.10. The van der Waals surface area contributed by atoms with Crippen LogP contribution >= 0.6 is 11.6 Å². The zero-order valence-electron chi connectivity index (χ0n) is 8.97. The van der Waals surface area contributed by atoms with Crippen LogP contribution in [0, 0.1) is 0 Å². The molecule has 0 N–H and O–H groups in total. The Morgan fingerprint density at radius 1 is 1.19 bits per heavy atom. The Balaban J connectivity index is 2.08. The van der Waals surface area contributed by atoms with Gasteiger partial charge in [-0.1, -0.05) is 23.7 Å². The highest BCUT2D eigenvalue weighted by Crippen LogP contribution is 2.13. The van der Waals surface area contributed by atoms with Crippen LogP contribution in [0.15, 0.2) is 42.9 Å². The van der Waals surface area contributed by atoms with Crippen molar-refractivity contribution in [2.24, 2.45) is 0 Å². The number of rotatable bonds is 3. The highest BCUT2D eigenvalue weighted by atomic mass is 35.5. The smallest absolute Gasteiger partial charge is 0.147 e. The lowest BCUT2D eigenvalue weighted by molar-refractivity contribution is 0.890. The third-order valence-corrected chi connectivity index (χ3v) is 2.53. The van der Waals surface area contributed by atoms with Gasteiger partial charge in [-0.3, -0.25) is 4.98 Å². The number of hydrogen-bond donors (Lipinski definition) is 0. The molecule has 3 nitrogen and oxygen atoms in total. The van der Waals surface area contributed by atoms with Crippen molar-refractivity contribution in [2.75, 3.05) is 11.9 Å². The van der Waals surface area contributed by atoms with E-state index in [1.165, 1.54) is 5.56 Å². The van der Waals surface area contributed by atoms with Gasteiger partial charge in [0.05, 0.1) is 6.20 Å². The molecule has 2 aromatic rings. The number of hydrogen-bond acceptors (Lipinski definition) is 3. The van der Waals surface area contributed by atoms with E-state index >= 15 is 0 Å². The average molecular weight is 234 g/mol. The fraction of sp³-hybridized carbons (Fsp3) is 0.167. The molecule has 2 rings (SSSR count). The first-order valence-corrected chi connectivity index (χ1v) is 5.35. The zero-order valence-corrected chi connectivity index (χ0v) is 9.72.